The molecule has 3 rings (SSSR count). The van der Waals surface area contributed by atoms with Crippen molar-refractivity contribution in [3.63, 3.8) is 0 Å². The quantitative estimate of drug-likeness (QED) is 0.826. The maximum Gasteiger partial charge on any atom is 0.119 e. The zero-order valence-electron chi connectivity index (χ0n) is 9.70. The minimum atomic E-state index is 0.719. The molecule has 1 aromatic carbocycles. The van der Waals surface area contributed by atoms with Crippen molar-refractivity contribution in [1.29, 1.82) is 0 Å². The Hall–Kier alpha value is -1.06. The largest absolute Gasteiger partial charge is 0.493 e. The first kappa shape index (κ1) is 10.1. The van der Waals surface area contributed by atoms with Crippen LogP contribution >= 0.6 is 0 Å². The molecule has 1 saturated heterocycles. The third-order valence-electron chi connectivity index (χ3n) is 3.43. The van der Waals surface area contributed by atoms with Crippen LogP contribution in [-0.4, -0.2) is 31.6 Å². The van der Waals surface area contributed by atoms with Gasteiger partial charge in [-0.2, -0.15) is 0 Å². The van der Waals surface area contributed by atoms with E-state index in [1.165, 1.54) is 24.2 Å². The molecule has 1 N–H and O–H groups in total. The van der Waals surface area contributed by atoms with E-state index >= 15 is 0 Å². The average Bonchev–Trinajstić information content (AvgIpc) is 2.69. The predicted molar refractivity (Wildman–Crippen MR) is 63.5 cm³/mol. The maximum atomic E-state index is 5.83. The van der Waals surface area contributed by atoms with Crippen LogP contribution in [-0.2, 0) is 13.1 Å². The Morgan fingerprint density at radius 1 is 1.31 bits per heavy atom. The van der Waals surface area contributed by atoms with Crippen LogP contribution in [0, 0.1) is 5.92 Å². The van der Waals surface area contributed by atoms with Gasteiger partial charge in [0.1, 0.15) is 5.75 Å². The van der Waals surface area contributed by atoms with Gasteiger partial charge in [-0.15, -0.1) is 0 Å². The highest BCUT2D eigenvalue weighted by molar-refractivity contribution is 5.37. The molecular weight excluding hydrogens is 200 g/mol. The molecule has 0 unspecified atom stereocenters. The summed E-state index contributed by atoms with van der Waals surface area (Å²) in [5.41, 5.74) is 2.80. The fraction of sp³-hybridized carbons (Fsp3) is 0.538. The monoisotopic (exact) mass is 218 g/mol. The zero-order valence-corrected chi connectivity index (χ0v) is 9.70. The summed E-state index contributed by atoms with van der Waals surface area (Å²) >= 11 is 0. The van der Waals surface area contributed by atoms with Crippen LogP contribution in [0.15, 0.2) is 18.2 Å². The summed E-state index contributed by atoms with van der Waals surface area (Å²) in [7, 11) is 2.15. The summed E-state index contributed by atoms with van der Waals surface area (Å²) in [5.74, 6) is 1.74. The van der Waals surface area contributed by atoms with Crippen LogP contribution in [0.4, 0.5) is 0 Å². The van der Waals surface area contributed by atoms with Gasteiger partial charge in [-0.3, -0.25) is 0 Å². The Kier molecular flexibility index (Phi) is 2.58. The number of hydrogen-bond acceptors (Lipinski definition) is 3. The molecule has 0 amide bonds. The standard InChI is InChI=1S/C13H18N2O/c1-15-7-10(8-15)9-16-13-3-2-11-5-14-6-12(11)4-13/h2-4,10,14H,5-9H2,1H3. The van der Waals surface area contributed by atoms with Crippen molar-refractivity contribution in [2.75, 3.05) is 26.7 Å². The smallest absolute Gasteiger partial charge is 0.119 e. The molecule has 0 aliphatic carbocycles. The SMILES string of the molecule is CN1CC(COc2ccc3c(c2)CNC3)C1. The van der Waals surface area contributed by atoms with Gasteiger partial charge in [-0.1, -0.05) is 6.07 Å². The lowest BCUT2D eigenvalue weighted by atomic mass is 10.0. The fourth-order valence-corrected chi connectivity index (χ4v) is 2.51. The van der Waals surface area contributed by atoms with Crippen molar-refractivity contribution >= 4 is 0 Å². The third kappa shape index (κ3) is 1.93. The molecule has 86 valence electrons. The van der Waals surface area contributed by atoms with Crippen LogP contribution in [0.5, 0.6) is 5.75 Å². The molecule has 0 bridgehead atoms. The van der Waals surface area contributed by atoms with Gasteiger partial charge in [-0.25, -0.2) is 0 Å². The van der Waals surface area contributed by atoms with E-state index in [2.05, 4.69) is 35.5 Å². The number of likely N-dealkylation sites (tertiary alicyclic amines) is 1. The second-order valence-electron chi connectivity index (χ2n) is 4.93. The van der Waals surface area contributed by atoms with Gasteiger partial charge in [0.25, 0.3) is 0 Å². The molecule has 0 spiro atoms. The number of ether oxygens (including phenoxy) is 1. The predicted octanol–water partition coefficient (Wildman–Crippen LogP) is 1.23. The highest BCUT2D eigenvalue weighted by Crippen LogP contribution is 2.22. The van der Waals surface area contributed by atoms with E-state index in [9.17, 15) is 0 Å². The van der Waals surface area contributed by atoms with Gasteiger partial charge in [0, 0.05) is 32.1 Å². The van der Waals surface area contributed by atoms with Gasteiger partial charge >= 0.3 is 0 Å². The van der Waals surface area contributed by atoms with Gasteiger partial charge in [-0.05, 0) is 30.3 Å². The van der Waals surface area contributed by atoms with Gasteiger partial charge in [0.2, 0.25) is 0 Å². The minimum Gasteiger partial charge on any atom is -0.493 e. The summed E-state index contributed by atoms with van der Waals surface area (Å²) in [4.78, 5) is 2.32. The first-order valence-corrected chi connectivity index (χ1v) is 5.95. The van der Waals surface area contributed by atoms with Crippen molar-refractivity contribution in [3.05, 3.63) is 29.3 Å². The van der Waals surface area contributed by atoms with Crippen molar-refractivity contribution < 1.29 is 4.74 Å². The van der Waals surface area contributed by atoms with Gasteiger partial charge in [0.15, 0.2) is 0 Å². The van der Waals surface area contributed by atoms with Crippen LogP contribution in [0.1, 0.15) is 11.1 Å². The summed E-state index contributed by atoms with van der Waals surface area (Å²) in [6.45, 7) is 5.19. The highest BCUT2D eigenvalue weighted by Gasteiger charge is 2.23. The maximum absolute atomic E-state index is 5.83. The average molecular weight is 218 g/mol. The van der Waals surface area contributed by atoms with E-state index in [4.69, 9.17) is 4.74 Å². The van der Waals surface area contributed by atoms with Crippen LogP contribution in [0.3, 0.4) is 0 Å². The molecule has 2 heterocycles. The van der Waals surface area contributed by atoms with E-state index < -0.39 is 0 Å². The summed E-state index contributed by atoms with van der Waals surface area (Å²) in [6.07, 6.45) is 0. The van der Waals surface area contributed by atoms with Crippen molar-refractivity contribution in [2.45, 2.75) is 13.1 Å². The molecule has 0 radical (unpaired) electrons. The van der Waals surface area contributed by atoms with Crippen molar-refractivity contribution in [3.8, 4) is 5.75 Å². The number of benzene rings is 1. The van der Waals surface area contributed by atoms with E-state index in [0.717, 1.165) is 31.4 Å². The molecule has 1 aromatic rings. The molecule has 16 heavy (non-hydrogen) atoms. The number of nitrogens with one attached hydrogen (secondary N) is 1. The second-order valence-corrected chi connectivity index (χ2v) is 4.93. The summed E-state index contributed by atoms with van der Waals surface area (Å²) < 4.78 is 5.83. The number of fused-ring (bicyclic) bond motifs is 1. The van der Waals surface area contributed by atoms with Crippen molar-refractivity contribution in [1.82, 2.24) is 10.2 Å². The van der Waals surface area contributed by atoms with Crippen molar-refractivity contribution in [2.24, 2.45) is 5.92 Å². The summed E-state index contributed by atoms with van der Waals surface area (Å²) in [5, 5.41) is 3.35. The second kappa shape index (κ2) is 4.07. The van der Waals surface area contributed by atoms with Crippen LogP contribution in [0.25, 0.3) is 0 Å². The lowest BCUT2D eigenvalue weighted by molar-refractivity contribution is 0.0857. The zero-order chi connectivity index (χ0) is 11.0. The Bertz CT molecular complexity index is 386. The summed E-state index contributed by atoms with van der Waals surface area (Å²) in [6, 6.07) is 6.45. The number of nitrogens with zero attached hydrogens (tertiary/aromatic N) is 1. The third-order valence-corrected chi connectivity index (χ3v) is 3.43. The minimum absolute atomic E-state index is 0.719. The number of hydrogen-bond donors (Lipinski definition) is 1. The highest BCUT2D eigenvalue weighted by atomic mass is 16.5. The first-order chi connectivity index (χ1) is 7.81. The van der Waals surface area contributed by atoms with Crippen LogP contribution in [0.2, 0.25) is 0 Å². The Morgan fingerprint density at radius 2 is 2.12 bits per heavy atom. The molecule has 0 atom stereocenters. The number of rotatable bonds is 3. The van der Waals surface area contributed by atoms with Gasteiger partial charge in [0.05, 0.1) is 6.61 Å². The van der Waals surface area contributed by atoms with E-state index in [0.29, 0.717) is 0 Å². The lowest BCUT2D eigenvalue weighted by Gasteiger charge is -2.35. The molecular formula is C13H18N2O. The Morgan fingerprint density at radius 3 is 2.94 bits per heavy atom. The molecule has 0 aromatic heterocycles. The topological polar surface area (TPSA) is 24.5 Å². The normalized spacial score (nSPS) is 20.6. The molecule has 3 heteroatoms. The molecule has 1 fully saturated rings. The Labute approximate surface area is 96.4 Å². The first-order valence-electron chi connectivity index (χ1n) is 5.95. The molecule has 2 aliphatic heterocycles. The fourth-order valence-electron chi connectivity index (χ4n) is 2.51. The van der Waals surface area contributed by atoms with Crippen LogP contribution < -0.4 is 10.1 Å². The lowest BCUT2D eigenvalue weighted by Crippen LogP contribution is -2.46. The van der Waals surface area contributed by atoms with Gasteiger partial charge < -0.3 is 15.0 Å². The molecule has 2 aliphatic rings. The molecule has 3 nitrogen and oxygen atoms in total. The van der Waals surface area contributed by atoms with E-state index in [1.807, 2.05) is 0 Å². The van der Waals surface area contributed by atoms with E-state index in [1.54, 1.807) is 0 Å². The molecule has 0 saturated carbocycles. The van der Waals surface area contributed by atoms with E-state index in [-0.39, 0.29) is 0 Å². The Balaban J connectivity index is 1.58.